The van der Waals surface area contributed by atoms with Crippen LogP contribution in [0.25, 0.3) is 0 Å². The fourth-order valence-corrected chi connectivity index (χ4v) is 2.10. The van der Waals surface area contributed by atoms with Crippen LogP contribution in [0.15, 0.2) is 0 Å². The Morgan fingerprint density at radius 2 is 1.80 bits per heavy atom. The third kappa shape index (κ3) is 1.20. The Labute approximate surface area is 64.0 Å². The largest absolute Gasteiger partial charge is 0.330 e. The van der Waals surface area contributed by atoms with E-state index in [0.717, 1.165) is 12.5 Å². The van der Waals surface area contributed by atoms with E-state index in [4.69, 9.17) is 5.73 Å². The van der Waals surface area contributed by atoms with Crippen molar-refractivity contribution in [3.05, 3.63) is 0 Å². The van der Waals surface area contributed by atoms with Crippen molar-refractivity contribution in [2.75, 3.05) is 6.54 Å². The summed E-state index contributed by atoms with van der Waals surface area (Å²) in [7, 11) is 0. The maximum Gasteiger partial charge on any atom is -0.00181 e. The molecule has 0 unspecified atom stereocenters. The van der Waals surface area contributed by atoms with Gasteiger partial charge in [0.1, 0.15) is 0 Å². The van der Waals surface area contributed by atoms with Gasteiger partial charge in [0.15, 0.2) is 0 Å². The van der Waals surface area contributed by atoms with Crippen molar-refractivity contribution in [1.82, 2.24) is 0 Å². The van der Waals surface area contributed by atoms with Crippen LogP contribution in [-0.2, 0) is 0 Å². The van der Waals surface area contributed by atoms with Crippen LogP contribution in [0.2, 0.25) is 0 Å². The molecule has 0 spiro atoms. The van der Waals surface area contributed by atoms with Crippen molar-refractivity contribution in [3.8, 4) is 0 Å². The molecule has 0 heterocycles. The lowest BCUT2D eigenvalue weighted by atomic mass is 9.76. The molecule has 1 saturated carbocycles. The third-order valence-electron chi connectivity index (χ3n) is 3.23. The highest BCUT2D eigenvalue weighted by molar-refractivity contribution is 4.87. The smallest absolute Gasteiger partial charge is 0.00181 e. The van der Waals surface area contributed by atoms with Crippen molar-refractivity contribution in [2.45, 2.75) is 39.5 Å². The summed E-state index contributed by atoms with van der Waals surface area (Å²) in [6.07, 6.45) is 5.52. The summed E-state index contributed by atoms with van der Waals surface area (Å²) in [6.45, 7) is 5.50. The second-order valence-corrected chi connectivity index (χ2v) is 3.93. The zero-order valence-electron chi connectivity index (χ0n) is 7.19. The SMILES string of the molecule is CC(C)C1(CN)CCCC1. The average Bonchev–Trinajstić information content (AvgIpc) is 2.35. The van der Waals surface area contributed by atoms with E-state index in [-0.39, 0.29) is 0 Å². The minimum absolute atomic E-state index is 0.514. The fourth-order valence-electron chi connectivity index (χ4n) is 2.10. The van der Waals surface area contributed by atoms with E-state index in [9.17, 15) is 0 Å². The number of nitrogens with two attached hydrogens (primary N) is 1. The first-order chi connectivity index (χ1) is 4.71. The highest BCUT2D eigenvalue weighted by Gasteiger charge is 2.34. The standard InChI is InChI=1S/C9H19N/c1-8(2)9(7-10)5-3-4-6-9/h8H,3-7,10H2,1-2H3. The fraction of sp³-hybridized carbons (Fsp3) is 1.00. The molecule has 1 rings (SSSR count). The summed E-state index contributed by atoms with van der Waals surface area (Å²) < 4.78 is 0. The Kier molecular flexibility index (Phi) is 2.35. The maximum absolute atomic E-state index is 5.77. The highest BCUT2D eigenvalue weighted by Crippen LogP contribution is 2.42. The molecule has 0 radical (unpaired) electrons. The summed E-state index contributed by atoms with van der Waals surface area (Å²) in [5.74, 6) is 0.778. The Morgan fingerprint density at radius 1 is 1.30 bits per heavy atom. The number of hydrogen-bond acceptors (Lipinski definition) is 1. The molecule has 10 heavy (non-hydrogen) atoms. The molecule has 1 fully saturated rings. The molecule has 60 valence electrons. The van der Waals surface area contributed by atoms with Crippen molar-refractivity contribution in [2.24, 2.45) is 17.1 Å². The van der Waals surface area contributed by atoms with Crippen molar-refractivity contribution in [3.63, 3.8) is 0 Å². The van der Waals surface area contributed by atoms with Gasteiger partial charge >= 0.3 is 0 Å². The first-order valence-corrected chi connectivity index (χ1v) is 4.41. The van der Waals surface area contributed by atoms with Gasteiger partial charge < -0.3 is 5.73 Å². The van der Waals surface area contributed by atoms with Gasteiger partial charge in [0.2, 0.25) is 0 Å². The zero-order valence-corrected chi connectivity index (χ0v) is 7.19. The molecule has 0 bridgehead atoms. The second kappa shape index (κ2) is 2.91. The van der Waals surface area contributed by atoms with Gasteiger partial charge in [-0.1, -0.05) is 26.7 Å². The Morgan fingerprint density at radius 3 is 2.00 bits per heavy atom. The Hall–Kier alpha value is -0.0400. The van der Waals surface area contributed by atoms with E-state index in [0.29, 0.717) is 5.41 Å². The molecule has 0 aromatic heterocycles. The van der Waals surface area contributed by atoms with Crippen molar-refractivity contribution >= 4 is 0 Å². The van der Waals surface area contributed by atoms with Crippen LogP contribution in [0.5, 0.6) is 0 Å². The van der Waals surface area contributed by atoms with Crippen LogP contribution in [-0.4, -0.2) is 6.54 Å². The average molecular weight is 141 g/mol. The molecule has 0 aromatic rings. The summed E-state index contributed by atoms with van der Waals surface area (Å²) in [5, 5.41) is 0. The van der Waals surface area contributed by atoms with Crippen molar-refractivity contribution in [1.29, 1.82) is 0 Å². The molecule has 1 aliphatic rings. The third-order valence-corrected chi connectivity index (χ3v) is 3.23. The Balaban J connectivity index is 2.58. The normalized spacial score (nSPS) is 24.0. The topological polar surface area (TPSA) is 26.0 Å². The second-order valence-electron chi connectivity index (χ2n) is 3.93. The van der Waals surface area contributed by atoms with E-state index in [1.807, 2.05) is 0 Å². The molecule has 0 aromatic carbocycles. The lowest BCUT2D eigenvalue weighted by Gasteiger charge is -2.31. The van der Waals surface area contributed by atoms with Gasteiger partial charge in [0.25, 0.3) is 0 Å². The van der Waals surface area contributed by atoms with E-state index < -0.39 is 0 Å². The monoisotopic (exact) mass is 141 g/mol. The van der Waals surface area contributed by atoms with Gasteiger partial charge in [0, 0.05) is 0 Å². The lowest BCUT2D eigenvalue weighted by molar-refractivity contribution is 0.208. The zero-order chi connectivity index (χ0) is 7.61. The minimum atomic E-state index is 0.514. The van der Waals surface area contributed by atoms with Crippen LogP contribution < -0.4 is 5.73 Å². The maximum atomic E-state index is 5.77. The van der Waals surface area contributed by atoms with Gasteiger partial charge in [-0.15, -0.1) is 0 Å². The van der Waals surface area contributed by atoms with E-state index in [1.54, 1.807) is 0 Å². The van der Waals surface area contributed by atoms with Crippen LogP contribution in [0.3, 0.4) is 0 Å². The summed E-state index contributed by atoms with van der Waals surface area (Å²) in [6, 6.07) is 0. The van der Waals surface area contributed by atoms with Crippen LogP contribution in [0.4, 0.5) is 0 Å². The highest BCUT2D eigenvalue weighted by atomic mass is 14.6. The van der Waals surface area contributed by atoms with Crippen LogP contribution >= 0.6 is 0 Å². The molecule has 0 amide bonds. The lowest BCUT2D eigenvalue weighted by Crippen LogP contribution is -2.32. The molecular formula is C9H19N. The van der Waals surface area contributed by atoms with Gasteiger partial charge in [-0.3, -0.25) is 0 Å². The van der Waals surface area contributed by atoms with Crippen molar-refractivity contribution < 1.29 is 0 Å². The number of hydrogen-bond donors (Lipinski definition) is 1. The number of rotatable bonds is 2. The molecule has 1 nitrogen and oxygen atoms in total. The summed E-state index contributed by atoms with van der Waals surface area (Å²) in [4.78, 5) is 0. The van der Waals surface area contributed by atoms with Gasteiger partial charge in [-0.05, 0) is 30.7 Å². The van der Waals surface area contributed by atoms with Gasteiger partial charge in [-0.25, -0.2) is 0 Å². The predicted octanol–water partition coefficient (Wildman–Crippen LogP) is 2.16. The summed E-state index contributed by atoms with van der Waals surface area (Å²) in [5.41, 5.74) is 6.28. The first-order valence-electron chi connectivity index (χ1n) is 4.41. The molecule has 0 atom stereocenters. The summed E-state index contributed by atoms with van der Waals surface area (Å²) >= 11 is 0. The molecule has 1 heteroatoms. The van der Waals surface area contributed by atoms with Crippen LogP contribution in [0, 0.1) is 11.3 Å². The van der Waals surface area contributed by atoms with E-state index in [2.05, 4.69) is 13.8 Å². The minimum Gasteiger partial charge on any atom is -0.330 e. The molecule has 2 N–H and O–H groups in total. The van der Waals surface area contributed by atoms with Gasteiger partial charge in [-0.2, -0.15) is 0 Å². The predicted molar refractivity (Wildman–Crippen MR) is 44.8 cm³/mol. The first kappa shape index (κ1) is 8.06. The Bertz CT molecular complexity index is 101. The van der Waals surface area contributed by atoms with Gasteiger partial charge in [0.05, 0.1) is 0 Å². The van der Waals surface area contributed by atoms with E-state index >= 15 is 0 Å². The van der Waals surface area contributed by atoms with E-state index in [1.165, 1.54) is 25.7 Å². The molecule has 1 aliphatic carbocycles. The molecular weight excluding hydrogens is 122 g/mol. The van der Waals surface area contributed by atoms with Crippen LogP contribution in [0.1, 0.15) is 39.5 Å². The quantitative estimate of drug-likeness (QED) is 0.626. The molecule has 0 aliphatic heterocycles. The molecule has 0 saturated heterocycles.